The Hall–Kier alpha value is -2.62. The fourth-order valence-electron chi connectivity index (χ4n) is 3.37. The smallest absolute Gasteiger partial charge is 0.224 e. The lowest BCUT2D eigenvalue weighted by atomic mass is 10.0. The monoisotopic (exact) mass is 350 g/mol. The molecule has 0 radical (unpaired) electrons. The standard InChI is InChI=1S/C22H26N2O2/c1-3-16-5-7-18(8-6-16)21(25)11-12-22(26)23-19-10-9-17-13-14-24(4-2)20(17)15-19/h5-10,15H,3-4,11-14H2,1-2H3,(H,23,26). The quantitative estimate of drug-likeness (QED) is 0.760. The molecule has 3 rings (SSSR count). The molecule has 2 aromatic rings. The molecule has 26 heavy (non-hydrogen) atoms. The number of Topliss-reactive ketones (excluding diaryl/α,β-unsaturated/α-hetero) is 1. The summed E-state index contributed by atoms with van der Waals surface area (Å²) in [4.78, 5) is 26.8. The minimum absolute atomic E-state index is 0.00825. The average molecular weight is 350 g/mol. The molecule has 0 spiro atoms. The first-order valence-electron chi connectivity index (χ1n) is 9.40. The van der Waals surface area contributed by atoms with Crippen LogP contribution in [0.1, 0.15) is 48.2 Å². The second-order valence-corrected chi connectivity index (χ2v) is 6.69. The Morgan fingerprint density at radius 1 is 1.04 bits per heavy atom. The summed E-state index contributed by atoms with van der Waals surface area (Å²) in [5, 5.41) is 2.92. The maximum Gasteiger partial charge on any atom is 0.224 e. The Balaban J connectivity index is 1.55. The van der Waals surface area contributed by atoms with Crippen LogP contribution in [0.15, 0.2) is 42.5 Å². The molecule has 2 aromatic carbocycles. The number of carbonyl (C=O) groups excluding carboxylic acids is 2. The number of nitrogens with one attached hydrogen (secondary N) is 1. The van der Waals surface area contributed by atoms with Crippen molar-refractivity contribution in [2.24, 2.45) is 0 Å². The van der Waals surface area contributed by atoms with Crippen LogP contribution in [-0.4, -0.2) is 24.8 Å². The molecule has 136 valence electrons. The first-order chi connectivity index (χ1) is 12.6. The summed E-state index contributed by atoms with van der Waals surface area (Å²) < 4.78 is 0. The van der Waals surface area contributed by atoms with Gasteiger partial charge in [0, 0.05) is 42.9 Å². The molecule has 1 amide bonds. The molecule has 0 saturated heterocycles. The van der Waals surface area contributed by atoms with Crippen LogP contribution in [0.5, 0.6) is 0 Å². The van der Waals surface area contributed by atoms with Gasteiger partial charge < -0.3 is 10.2 Å². The summed E-state index contributed by atoms with van der Waals surface area (Å²) in [5.41, 5.74) is 5.21. The predicted molar refractivity (Wildman–Crippen MR) is 106 cm³/mol. The van der Waals surface area contributed by atoms with E-state index in [1.807, 2.05) is 36.4 Å². The van der Waals surface area contributed by atoms with Gasteiger partial charge in [-0.2, -0.15) is 0 Å². The van der Waals surface area contributed by atoms with Crippen molar-refractivity contribution in [3.05, 3.63) is 59.2 Å². The van der Waals surface area contributed by atoms with Gasteiger partial charge in [-0.1, -0.05) is 37.3 Å². The number of rotatable bonds is 7. The van der Waals surface area contributed by atoms with E-state index >= 15 is 0 Å². The number of fused-ring (bicyclic) bond motifs is 1. The van der Waals surface area contributed by atoms with Crippen molar-refractivity contribution in [3.63, 3.8) is 0 Å². The predicted octanol–water partition coefficient (Wildman–Crippen LogP) is 4.23. The number of likely N-dealkylation sites (N-methyl/N-ethyl adjacent to an activating group) is 1. The van der Waals surface area contributed by atoms with Gasteiger partial charge in [0.05, 0.1) is 0 Å². The third-order valence-corrected chi connectivity index (χ3v) is 5.01. The summed E-state index contributed by atoms with van der Waals surface area (Å²) in [6.45, 7) is 6.23. The van der Waals surface area contributed by atoms with Gasteiger partial charge in [-0.15, -0.1) is 0 Å². The van der Waals surface area contributed by atoms with Crippen molar-refractivity contribution >= 4 is 23.1 Å². The molecule has 1 aliphatic heterocycles. The van der Waals surface area contributed by atoms with E-state index in [1.54, 1.807) is 0 Å². The molecule has 0 atom stereocenters. The van der Waals surface area contributed by atoms with E-state index in [0.717, 1.165) is 31.6 Å². The molecule has 0 unspecified atom stereocenters. The van der Waals surface area contributed by atoms with E-state index in [9.17, 15) is 9.59 Å². The highest BCUT2D eigenvalue weighted by atomic mass is 16.2. The number of nitrogens with zero attached hydrogens (tertiary/aromatic N) is 1. The maximum atomic E-state index is 12.2. The van der Waals surface area contributed by atoms with Crippen LogP contribution in [0.2, 0.25) is 0 Å². The minimum Gasteiger partial charge on any atom is -0.371 e. The van der Waals surface area contributed by atoms with Crippen molar-refractivity contribution in [2.45, 2.75) is 39.5 Å². The number of carbonyl (C=O) groups is 2. The molecule has 0 bridgehead atoms. The van der Waals surface area contributed by atoms with E-state index < -0.39 is 0 Å². The van der Waals surface area contributed by atoms with Crippen LogP contribution in [0.25, 0.3) is 0 Å². The molecule has 1 heterocycles. The molecule has 4 nitrogen and oxygen atoms in total. The third kappa shape index (κ3) is 4.13. The average Bonchev–Trinajstić information content (AvgIpc) is 3.08. The second kappa shape index (κ2) is 8.17. The lowest BCUT2D eigenvalue weighted by Crippen LogP contribution is -2.19. The maximum absolute atomic E-state index is 12.2. The normalized spacial score (nSPS) is 12.8. The number of ketones is 1. The second-order valence-electron chi connectivity index (χ2n) is 6.69. The van der Waals surface area contributed by atoms with Crippen LogP contribution < -0.4 is 10.2 Å². The molecule has 1 aliphatic rings. The Morgan fingerprint density at radius 2 is 1.81 bits per heavy atom. The Bertz CT molecular complexity index is 796. The van der Waals surface area contributed by atoms with Gasteiger partial charge in [0.25, 0.3) is 0 Å². The molecule has 1 N–H and O–H groups in total. The zero-order valence-corrected chi connectivity index (χ0v) is 15.5. The zero-order chi connectivity index (χ0) is 18.5. The summed E-state index contributed by atoms with van der Waals surface area (Å²) >= 11 is 0. The molecular weight excluding hydrogens is 324 g/mol. The third-order valence-electron chi connectivity index (χ3n) is 5.01. The van der Waals surface area contributed by atoms with E-state index in [1.165, 1.54) is 16.8 Å². The minimum atomic E-state index is -0.121. The van der Waals surface area contributed by atoms with Crippen LogP contribution in [0, 0.1) is 0 Å². The molecule has 4 heteroatoms. The number of benzene rings is 2. The fraction of sp³-hybridized carbons (Fsp3) is 0.364. The Labute approximate surface area is 155 Å². The SMILES string of the molecule is CCc1ccc(C(=O)CCC(=O)Nc2ccc3c(c2)N(CC)CC3)cc1. The lowest BCUT2D eigenvalue weighted by Gasteiger charge is -2.17. The van der Waals surface area contributed by atoms with Crippen molar-refractivity contribution in [1.29, 1.82) is 0 Å². The van der Waals surface area contributed by atoms with Crippen molar-refractivity contribution < 1.29 is 9.59 Å². The van der Waals surface area contributed by atoms with Crippen molar-refractivity contribution in [1.82, 2.24) is 0 Å². The van der Waals surface area contributed by atoms with E-state index in [-0.39, 0.29) is 24.5 Å². The van der Waals surface area contributed by atoms with Crippen molar-refractivity contribution in [2.75, 3.05) is 23.3 Å². The van der Waals surface area contributed by atoms with E-state index in [4.69, 9.17) is 0 Å². The first kappa shape index (κ1) is 18.2. The first-order valence-corrected chi connectivity index (χ1v) is 9.40. The lowest BCUT2D eigenvalue weighted by molar-refractivity contribution is -0.116. The van der Waals surface area contributed by atoms with Crippen molar-refractivity contribution in [3.8, 4) is 0 Å². The molecular formula is C22H26N2O2. The summed E-state index contributed by atoms with van der Waals surface area (Å²) in [6.07, 6.45) is 2.43. The number of aryl methyl sites for hydroxylation is 1. The van der Waals surface area contributed by atoms with Gasteiger partial charge in [-0.05, 0) is 43.0 Å². The topological polar surface area (TPSA) is 49.4 Å². The highest BCUT2D eigenvalue weighted by Crippen LogP contribution is 2.30. The summed E-state index contributed by atoms with van der Waals surface area (Å²) in [7, 11) is 0. The largest absolute Gasteiger partial charge is 0.371 e. The molecule has 0 aliphatic carbocycles. The number of anilines is 2. The Morgan fingerprint density at radius 3 is 2.50 bits per heavy atom. The van der Waals surface area contributed by atoms with Gasteiger partial charge >= 0.3 is 0 Å². The highest BCUT2D eigenvalue weighted by molar-refractivity contribution is 6.00. The van der Waals surface area contributed by atoms with Crippen LogP contribution in [0.3, 0.4) is 0 Å². The fourth-order valence-corrected chi connectivity index (χ4v) is 3.37. The van der Waals surface area contributed by atoms with Crippen LogP contribution in [-0.2, 0) is 17.6 Å². The summed E-state index contributed by atoms with van der Waals surface area (Å²) in [6, 6.07) is 13.7. The zero-order valence-electron chi connectivity index (χ0n) is 15.5. The number of amides is 1. The van der Waals surface area contributed by atoms with Crippen LogP contribution in [0.4, 0.5) is 11.4 Å². The van der Waals surface area contributed by atoms with Gasteiger partial charge in [0.15, 0.2) is 5.78 Å². The van der Waals surface area contributed by atoms with Gasteiger partial charge in [0.1, 0.15) is 0 Å². The Kier molecular flexibility index (Phi) is 5.71. The highest BCUT2D eigenvalue weighted by Gasteiger charge is 2.18. The number of hydrogen-bond donors (Lipinski definition) is 1. The van der Waals surface area contributed by atoms with Crippen LogP contribution >= 0.6 is 0 Å². The molecule has 0 fully saturated rings. The molecule has 0 saturated carbocycles. The number of hydrogen-bond acceptors (Lipinski definition) is 3. The van der Waals surface area contributed by atoms with Gasteiger partial charge in [-0.25, -0.2) is 0 Å². The van der Waals surface area contributed by atoms with E-state index in [0.29, 0.717) is 5.56 Å². The van der Waals surface area contributed by atoms with Gasteiger partial charge in [0.2, 0.25) is 5.91 Å². The summed E-state index contributed by atoms with van der Waals surface area (Å²) in [5.74, 6) is -0.113. The van der Waals surface area contributed by atoms with E-state index in [2.05, 4.69) is 30.1 Å². The van der Waals surface area contributed by atoms with Gasteiger partial charge in [-0.3, -0.25) is 9.59 Å². The molecule has 0 aromatic heterocycles.